The highest BCUT2D eigenvalue weighted by Crippen LogP contribution is 2.35. The van der Waals surface area contributed by atoms with E-state index in [1.54, 1.807) is 24.7 Å². The van der Waals surface area contributed by atoms with E-state index >= 15 is 0 Å². The van der Waals surface area contributed by atoms with Gasteiger partial charge in [0, 0.05) is 36.8 Å². The smallest absolute Gasteiger partial charge is 0.337 e. The van der Waals surface area contributed by atoms with Crippen molar-refractivity contribution >= 4 is 24.9 Å². The Bertz CT molecular complexity index is 1210. The summed E-state index contributed by atoms with van der Waals surface area (Å²) in [6.45, 7) is 8.08. The summed E-state index contributed by atoms with van der Waals surface area (Å²) in [5.74, 6) is -0.355. The molecule has 0 amide bonds. The van der Waals surface area contributed by atoms with E-state index in [4.69, 9.17) is 19.0 Å². The van der Waals surface area contributed by atoms with Crippen molar-refractivity contribution < 1.29 is 18.7 Å². The van der Waals surface area contributed by atoms with Gasteiger partial charge in [0.2, 0.25) is 0 Å². The Morgan fingerprint density at radius 1 is 1.06 bits per heavy atom. The summed E-state index contributed by atoms with van der Waals surface area (Å²) in [6, 6.07) is 16.5. The molecule has 0 saturated heterocycles. The van der Waals surface area contributed by atoms with Gasteiger partial charge in [0.25, 0.3) is 0 Å². The van der Waals surface area contributed by atoms with Gasteiger partial charge in [-0.15, -0.1) is 0 Å². The summed E-state index contributed by atoms with van der Waals surface area (Å²) >= 11 is 0. The fraction of sp³-hybridized carbons (Fsp3) is 0.280. The zero-order valence-corrected chi connectivity index (χ0v) is 19.9. The predicted molar refractivity (Wildman–Crippen MR) is 128 cm³/mol. The van der Waals surface area contributed by atoms with Crippen LogP contribution in [0, 0.1) is 0 Å². The number of hydrogen-bond acceptors (Lipinski definition) is 5. The van der Waals surface area contributed by atoms with Crippen LogP contribution in [0.15, 0.2) is 65.5 Å². The maximum absolute atomic E-state index is 11.9. The molecule has 0 aliphatic rings. The fourth-order valence-corrected chi connectivity index (χ4v) is 4.37. The molecule has 2 aromatic carbocycles. The van der Waals surface area contributed by atoms with Gasteiger partial charge in [-0.3, -0.25) is 0 Å². The average molecular weight is 449 g/mol. The molecule has 0 radical (unpaired) electrons. The number of aromatic nitrogens is 2. The monoisotopic (exact) mass is 448 g/mol. The highest BCUT2D eigenvalue weighted by Gasteiger charge is 2.18. The largest absolute Gasteiger partial charge is 0.472 e. The molecule has 2 heterocycles. The maximum atomic E-state index is 11.9. The van der Waals surface area contributed by atoms with Crippen LogP contribution in [0.5, 0.6) is 0 Å². The van der Waals surface area contributed by atoms with Crippen LogP contribution in [0.1, 0.15) is 10.4 Å². The number of hydrogen-bond donors (Lipinski definition) is 0. The van der Waals surface area contributed by atoms with Gasteiger partial charge < -0.3 is 13.9 Å². The van der Waals surface area contributed by atoms with E-state index in [0.717, 1.165) is 39.3 Å². The number of methoxy groups -OCH3 is 1. The van der Waals surface area contributed by atoms with Gasteiger partial charge in [-0.2, -0.15) is 5.10 Å². The number of nitrogens with zero attached hydrogens (tertiary/aromatic N) is 2. The number of furan rings is 1. The lowest BCUT2D eigenvalue weighted by Gasteiger charge is -2.16. The molecule has 4 aromatic rings. The summed E-state index contributed by atoms with van der Waals surface area (Å²) in [4.78, 5) is 11.9. The molecule has 0 N–H and O–H groups in total. The quantitative estimate of drug-likeness (QED) is 0.186. The molecule has 0 fully saturated rings. The Morgan fingerprint density at radius 3 is 2.50 bits per heavy atom. The molecular formula is C25H28N2O4Si. The molecule has 0 aliphatic carbocycles. The minimum atomic E-state index is -1.18. The zero-order valence-electron chi connectivity index (χ0n) is 18.9. The van der Waals surface area contributed by atoms with Crippen molar-refractivity contribution in [1.82, 2.24) is 9.78 Å². The highest BCUT2D eigenvalue weighted by atomic mass is 28.3. The lowest BCUT2D eigenvalue weighted by atomic mass is 10.0. The van der Waals surface area contributed by atoms with Crippen molar-refractivity contribution in [3.05, 3.63) is 66.6 Å². The van der Waals surface area contributed by atoms with Gasteiger partial charge in [0.05, 0.1) is 30.9 Å². The molecule has 6 nitrogen and oxygen atoms in total. The van der Waals surface area contributed by atoms with Crippen LogP contribution >= 0.6 is 0 Å². The molecule has 0 atom stereocenters. The van der Waals surface area contributed by atoms with E-state index in [1.807, 2.05) is 35.0 Å². The van der Waals surface area contributed by atoms with Crippen molar-refractivity contribution in [3.63, 3.8) is 0 Å². The normalized spacial score (nSPS) is 11.8. The van der Waals surface area contributed by atoms with Crippen LogP contribution in [-0.2, 0) is 16.2 Å². The summed E-state index contributed by atoms with van der Waals surface area (Å²) in [5, 5.41) is 5.94. The van der Waals surface area contributed by atoms with E-state index in [0.29, 0.717) is 18.9 Å². The molecule has 166 valence electrons. The second-order valence-electron chi connectivity index (χ2n) is 8.98. The number of benzene rings is 2. The van der Waals surface area contributed by atoms with Gasteiger partial charge in [0.15, 0.2) is 0 Å². The molecule has 0 unspecified atom stereocenters. The summed E-state index contributed by atoms with van der Waals surface area (Å²) in [7, 11) is 0.203. The third-order valence-electron chi connectivity index (χ3n) is 5.39. The standard InChI is InChI=1S/C25H28N2O4Si/c1-29-25(28)19-10-8-18(9-11-19)24-22-7-5-6-21(20-12-13-30-16-20)23(22)26-27(24)17-31-14-15-32(2,3)4/h5-13,16H,14-15,17H2,1-4H3. The average Bonchev–Trinajstić information content (AvgIpc) is 3.43. The topological polar surface area (TPSA) is 66.5 Å². The lowest BCUT2D eigenvalue weighted by Crippen LogP contribution is -2.22. The van der Waals surface area contributed by atoms with Crippen molar-refractivity contribution in [3.8, 4) is 22.4 Å². The Hall–Kier alpha value is -3.16. The molecular weight excluding hydrogens is 420 g/mol. The second kappa shape index (κ2) is 9.14. The van der Waals surface area contributed by atoms with E-state index in [-0.39, 0.29) is 5.97 Å². The number of carbonyl (C=O) groups excluding carboxylic acids is 1. The van der Waals surface area contributed by atoms with Gasteiger partial charge in [-0.25, -0.2) is 9.48 Å². The van der Waals surface area contributed by atoms with Gasteiger partial charge >= 0.3 is 5.97 Å². The van der Waals surface area contributed by atoms with Crippen molar-refractivity contribution in [2.45, 2.75) is 32.4 Å². The lowest BCUT2D eigenvalue weighted by molar-refractivity contribution is 0.0600. The Labute approximate surface area is 188 Å². The van der Waals surface area contributed by atoms with Crippen molar-refractivity contribution in [1.29, 1.82) is 0 Å². The first kappa shape index (κ1) is 22.0. The number of esters is 1. The minimum Gasteiger partial charge on any atom is -0.472 e. The molecule has 2 aromatic heterocycles. The second-order valence-corrected chi connectivity index (χ2v) is 14.6. The third kappa shape index (κ3) is 4.69. The number of ether oxygens (including phenoxy) is 2. The maximum Gasteiger partial charge on any atom is 0.337 e. The molecule has 0 bridgehead atoms. The summed E-state index contributed by atoms with van der Waals surface area (Å²) in [6.07, 6.45) is 3.39. The first-order valence-electron chi connectivity index (χ1n) is 10.7. The number of fused-ring (bicyclic) bond motifs is 1. The Morgan fingerprint density at radius 2 is 1.84 bits per heavy atom. The summed E-state index contributed by atoms with van der Waals surface area (Å²) < 4.78 is 18.1. The summed E-state index contributed by atoms with van der Waals surface area (Å²) in [5.41, 5.74) is 5.29. The predicted octanol–water partition coefficient (Wildman–Crippen LogP) is 6.06. The highest BCUT2D eigenvalue weighted by molar-refractivity contribution is 6.76. The third-order valence-corrected chi connectivity index (χ3v) is 7.10. The molecule has 0 aliphatic heterocycles. The SMILES string of the molecule is COC(=O)c1ccc(-c2c3cccc(-c4ccoc4)c3nn2COCC[Si](C)(C)C)cc1. The molecule has 0 spiro atoms. The van der Waals surface area contributed by atoms with Crippen LogP contribution in [0.25, 0.3) is 33.3 Å². The Kier molecular flexibility index (Phi) is 6.30. The molecule has 0 saturated carbocycles. The van der Waals surface area contributed by atoms with Gasteiger partial charge in [0.1, 0.15) is 12.2 Å². The van der Waals surface area contributed by atoms with Crippen molar-refractivity contribution in [2.75, 3.05) is 13.7 Å². The van der Waals surface area contributed by atoms with E-state index in [1.165, 1.54) is 7.11 Å². The molecule has 4 rings (SSSR count). The van der Waals surface area contributed by atoms with Gasteiger partial charge in [-0.1, -0.05) is 50.0 Å². The van der Waals surface area contributed by atoms with E-state index in [2.05, 4.69) is 25.7 Å². The van der Waals surface area contributed by atoms with Crippen LogP contribution in [0.4, 0.5) is 0 Å². The van der Waals surface area contributed by atoms with Crippen LogP contribution in [0.3, 0.4) is 0 Å². The first-order chi connectivity index (χ1) is 15.4. The van der Waals surface area contributed by atoms with Crippen LogP contribution in [-0.4, -0.2) is 37.5 Å². The fourth-order valence-electron chi connectivity index (χ4n) is 3.61. The first-order valence-corrected chi connectivity index (χ1v) is 14.4. The number of carbonyl (C=O) groups is 1. The Balaban J connectivity index is 1.76. The van der Waals surface area contributed by atoms with Crippen molar-refractivity contribution in [2.24, 2.45) is 0 Å². The molecule has 7 heteroatoms. The van der Waals surface area contributed by atoms with Crippen LogP contribution < -0.4 is 0 Å². The van der Waals surface area contributed by atoms with E-state index in [9.17, 15) is 4.79 Å². The van der Waals surface area contributed by atoms with E-state index < -0.39 is 8.07 Å². The van der Waals surface area contributed by atoms with Gasteiger partial charge in [-0.05, 0) is 24.2 Å². The zero-order chi connectivity index (χ0) is 22.7. The minimum absolute atomic E-state index is 0.355. The number of rotatable bonds is 8. The van der Waals surface area contributed by atoms with Crippen LogP contribution in [0.2, 0.25) is 25.7 Å². The molecule has 32 heavy (non-hydrogen) atoms.